The van der Waals surface area contributed by atoms with Gasteiger partial charge in [-0.15, -0.1) is 13.2 Å². The topological polar surface area (TPSA) is 58.0 Å². The van der Waals surface area contributed by atoms with E-state index in [9.17, 15) is 13.2 Å². The second-order valence-electron chi connectivity index (χ2n) is 3.19. The number of halogens is 3. The highest BCUT2D eigenvalue weighted by Gasteiger charge is 2.31. The van der Waals surface area contributed by atoms with E-state index in [1.807, 2.05) is 0 Å². The Bertz CT molecular complexity index is 439. The SMILES string of the molecule is [CH2]c1cc(CCN=[N+]=[N-])ccc1OC(F)(F)F. The Morgan fingerprint density at radius 2 is 2.12 bits per heavy atom. The summed E-state index contributed by atoms with van der Waals surface area (Å²) >= 11 is 0. The van der Waals surface area contributed by atoms with Crippen LogP contribution < -0.4 is 4.74 Å². The summed E-state index contributed by atoms with van der Waals surface area (Å²) in [6.07, 6.45) is -4.28. The van der Waals surface area contributed by atoms with Gasteiger partial charge in [0.15, 0.2) is 0 Å². The monoisotopic (exact) mass is 244 g/mol. The molecule has 91 valence electrons. The van der Waals surface area contributed by atoms with Crippen molar-refractivity contribution >= 4 is 0 Å². The fourth-order valence-corrected chi connectivity index (χ4v) is 1.24. The van der Waals surface area contributed by atoms with Gasteiger partial charge in [0, 0.05) is 11.5 Å². The first-order valence-corrected chi connectivity index (χ1v) is 4.64. The summed E-state index contributed by atoms with van der Waals surface area (Å²) in [4.78, 5) is 2.58. The van der Waals surface area contributed by atoms with Crippen LogP contribution in [0.2, 0.25) is 0 Å². The number of hydrogen-bond donors (Lipinski definition) is 0. The smallest absolute Gasteiger partial charge is 0.406 e. The van der Waals surface area contributed by atoms with E-state index < -0.39 is 6.36 Å². The fourth-order valence-electron chi connectivity index (χ4n) is 1.24. The predicted molar refractivity (Wildman–Crippen MR) is 55.3 cm³/mol. The molecule has 1 rings (SSSR count). The lowest BCUT2D eigenvalue weighted by atomic mass is 10.1. The first kappa shape index (κ1) is 13.2. The van der Waals surface area contributed by atoms with Crippen LogP contribution in [0, 0.1) is 6.92 Å². The molecule has 1 radical (unpaired) electrons. The van der Waals surface area contributed by atoms with Crippen LogP contribution in [0.3, 0.4) is 0 Å². The highest BCUT2D eigenvalue weighted by molar-refractivity contribution is 5.39. The molecule has 0 unspecified atom stereocenters. The van der Waals surface area contributed by atoms with Crippen LogP contribution in [-0.4, -0.2) is 12.9 Å². The Morgan fingerprint density at radius 1 is 1.41 bits per heavy atom. The van der Waals surface area contributed by atoms with Crippen LogP contribution in [0.1, 0.15) is 11.1 Å². The molecule has 0 aliphatic rings. The van der Waals surface area contributed by atoms with Gasteiger partial charge in [-0.25, -0.2) is 0 Å². The van der Waals surface area contributed by atoms with E-state index in [4.69, 9.17) is 5.53 Å². The molecule has 0 aliphatic heterocycles. The van der Waals surface area contributed by atoms with Crippen LogP contribution in [0.4, 0.5) is 13.2 Å². The number of ether oxygens (including phenoxy) is 1. The van der Waals surface area contributed by atoms with Crippen molar-refractivity contribution in [2.45, 2.75) is 12.8 Å². The van der Waals surface area contributed by atoms with Gasteiger partial charge in [0.05, 0.1) is 0 Å². The number of hydrogen-bond acceptors (Lipinski definition) is 2. The number of rotatable bonds is 4. The molecule has 0 saturated carbocycles. The largest absolute Gasteiger partial charge is 0.573 e. The summed E-state index contributed by atoms with van der Waals surface area (Å²) in [6, 6.07) is 4.14. The van der Waals surface area contributed by atoms with Crippen LogP contribution in [0.5, 0.6) is 5.75 Å². The molecule has 0 fully saturated rings. The zero-order chi connectivity index (χ0) is 12.9. The summed E-state index contributed by atoms with van der Waals surface area (Å²) in [5.41, 5.74) is 8.94. The molecule has 7 heteroatoms. The van der Waals surface area contributed by atoms with Gasteiger partial charge in [0.2, 0.25) is 0 Å². The second-order valence-corrected chi connectivity index (χ2v) is 3.19. The standard InChI is InChI=1S/C10H9F3N3O/c1-7-6-8(4-5-15-16-14)2-3-9(7)17-10(11,12)13/h2-3,6H,1,4-5H2. The lowest BCUT2D eigenvalue weighted by molar-refractivity contribution is -0.274. The Hall–Kier alpha value is -1.88. The molecule has 1 aromatic carbocycles. The fraction of sp³-hybridized carbons (Fsp3) is 0.300. The van der Waals surface area contributed by atoms with E-state index in [0.717, 1.165) is 5.56 Å². The molecule has 0 saturated heterocycles. The summed E-state index contributed by atoms with van der Waals surface area (Å²) in [7, 11) is 0. The van der Waals surface area contributed by atoms with Gasteiger partial charge in [-0.2, -0.15) is 0 Å². The van der Waals surface area contributed by atoms with E-state index in [0.29, 0.717) is 6.42 Å². The molecule has 0 aromatic heterocycles. The average molecular weight is 244 g/mol. The number of alkyl halides is 3. The lowest BCUT2D eigenvalue weighted by Crippen LogP contribution is -2.17. The zero-order valence-electron chi connectivity index (χ0n) is 8.74. The van der Waals surface area contributed by atoms with E-state index >= 15 is 0 Å². The summed E-state index contributed by atoms with van der Waals surface area (Å²) in [6.45, 7) is 3.71. The third kappa shape index (κ3) is 4.65. The third-order valence-electron chi connectivity index (χ3n) is 1.91. The van der Waals surface area contributed by atoms with Gasteiger partial charge in [-0.3, -0.25) is 0 Å². The Kier molecular flexibility index (Phi) is 4.23. The van der Waals surface area contributed by atoms with Crippen molar-refractivity contribution in [2.24, 2.45) is 5.11 Å². The number of azide groups is 1. The van der Waals surface area contributed by atoms with Gasteiger partial charge in [-0.1, -0.05) is 17.2 Å². The highest BCUT2D eigenvalue weighted by Crippen LogP contribution is 2.26. The quantitative estimate of drug-likeness (QED) is 0.453. The summed E-state index contributed by atoms with van der Waals surface area (Å²) in [5.74, 6) is -0.329. The van der Waals surface area contributed by atoms with E-state index in [1.165, 1.54) is 18.2 Å². The van der Waals surface area contributed by atoms with Crippen molar-refractivity contribution in [1.82, 2.24) is 0 Å². The lowest BCUT2D eigenvalue weighted by Gasteiger charge is -2.12. The number of nitrogens with zero attached hydrogens (tertiary/aromatic N) is 3. The summed E-state index contributed by atoms with van der Waals surface area (Å²) < 4.78 is 39.7. The van der Waals surface area contributed by atoms with Crippen molar-refractivity contribution in [2.75, 3.05) is 6.54 Å². The number of benzene rings is 1. The first-order chi connectivity index (χ1) is 7.92. The molecular weight excluding hydrogens is 235 g/mol. The van der Waals surface area contributed by atoms with Gasteiger partial charge in [0.25, 0.3) is 0 Å². The molecule has 0 N–H and O–H groups in total. The Labute approximate surface area is 95.6 Å². The minimum Gasteiger partial charge on any atom is -0.406 e. The van der Waals surface area contributed by atoms with Gasteiger partial charge in [0.1, 0.15) is 5.75 Å². The molecule has 0 heterocycles. The Balaban J connectivity index is 2.75. The maximum Gasteiger partial charge on any atom is 0.573 e. The minimum absolute atomic E-state index is 0.140. The van der Waals surface area contributed by atoms with Gasteiger partial charge in [-0.05, 0) is 36.1 Å². The van der Waals surface area contributed by atoms with Crippen LogP contribution in [-0.2, 0) is 6.42 Å². The molecule has 0 amide bonds. The van der Waals surface area contributed by atoms with E-state index in [-0.39, 0.29) is 17.9 Å². The van der Waals surface area contributed by atoms with Crippen LogP contribution in [0.15, 0.2) is 23.3 Å². The predicted octanol–water partition coefficient (Wildman–Crippen LogP) is 3.62. The van der Waals surface area contributed by atoms with Crippen molar-refractivity contribution in [3.8, 4) is 5.75 Å². The van der Waals surface area contributed by atoms with Crippen molar-refractivity contribution < 1.29 is 17.9 Å². The molecule has 0 spiro atoms. The third-order valence-corrected chi connectivity index (χ3v) is 1.91. The molecule has 0 aliphatic carbocycles. The molecule has 1 aromatic rings. The minimum atomic E-state index is -4.72. The van der Waals surface area contributed by atoms with Crippen molar-refractivity contribution in [3.63, 3.8) is 0 Å². The second kappa shape index (κ2) is 5.45. The molecule has 17 heavy (non-hydrogen) atoms. The highest BCUT2D eigenvalue weighted by atomic mass is 19.4. The van der Waals surface area contributed by atoms with Crippen LogP contribution in [0.25, 0.3) is 10.4 Å². The molecular formula is C10H9F3N3O. The average Bonchev–Trinajstić information content (AvgIpc) is 2.21. The normalized spacial score (nSPS) is 10.8. The van der Waals surface area contributed by atoms with E-state index in [2.05, 4.69) is 21.7 Å². The van der Waals surface area contributed by atoms with Crippen LogP contribution >= 0.6 is 0 Å². The van der Waals surface area contributed by atoms with Gasteiger partial charge < -0.3 is 4.74 Å². The van der Waals surface area contributed by atoms with Crippen molar-refractivity contribution in [1.29, 1.82) is 0 Å². The molecule has 0 atom stereocenters. The maximum atomic E-state index is 12.0. The van der Waals surface area contributed by atoms with Gasteiger partial charge >= 0.3 is 6.36 Å². The molecule has 0 bridgehead atoms. The maximum absolute atomic E-state index is 12.0. The van der Waals surface area contributed by atoms with E-state index in [1.54, 1.807) is 0 Å². The Morgan fingerprint density at radius 3 is 2.65 bits per heavy atom. The molecule has 4 nitrogen and oxygen atoms in total. The first-order valence-electron chi connectivity index (χ1n) is 4.64. The summed E-state index contributed by atoms with van der Waals surface area (Å²) in [5, 5.41) is 3.33. The van der Waals surface area contributed by atoms with Crippen molar-refractivity contribution in [3.05, 3.63) is 46.7 Å². The zero-order valence-corrected chi connectivity index (χ0v) is 8.74.